The van der Waals surface area contributed by atoms with Crippen molar-refractivity contribution in [2.75, 3.05) is 7.11 Å². The fraction of sp³-hybridized carbons (Fsp3) is 0.0833. The number of carbonyl (C=O) groups excluding carboxylic acids is 1. The summed E-state index contributed by atoms with van der Waals surface area (Å²) in [7, 11) is 1.28. The Bertz CT molecular complexity index is 583. The van der Waals surface area contributed by atoms with E-state index in [1.165, 1.54) is 7.11 Å². The van der Waals surface area contributed by atoms with Gasteiger partial charge in [0.1, 0.15) is 5.75 Å². The molecule has 0 aromatic heterocycles. The minimum Gasteiger partial charge on any atom is -0.437 e. The average molecular weight is 407 g/mol. The smallest absolute Gasteiger partial charge is 0.437 e. The van der Waals surface area contributed by atoms with E-state index < -0.39 is 6.16 Å². The number of halogens is 2. The number of ether oxygens (including phenoxy) is 2. The standard InChI is InChI=1S/C12H8BrIO3/c1-16-12(15)17-8-3-4-9-7(6-8)2-5-10(14)11(9)13/h2-6H,1H3. The van der Waals surface area contributed by atoms with E-state index in [1.807, 2.05) is 18.2 Å². The molecule has 0 aliphatic rings. The van der Waals surface area contributed by atoms with E-state index >= 15 is 0 Å². The highest BCUT2D eigenvalue weighted by molar-refractivity contribution is 14.1. The Morgan fingerprint density at radius 1 is 1.29 bits per heavy atom. The molecule has 0 atom stereocenters. The number of benzene rings is 2. The van der Waals surface area contributed by atoms with E-state index in [4.69, 9.17) is 4.74 Å². The molecular formula is C12H8BrIO3. The molecule has 0 spiro atoms. The van der Waals surface area contributed by atoms with Gasteiger partial charge in [0.25, 0.3) is 0 Å². The van der Waals surface area contributed by atoms with E-state index in [2.05, 4.69) is 43.3 Å². The van der Waals surface area contributed by atoms with Crippen LogP contribution in [0.4, 0.5) is 4.79 Å². The lowest BCUT2D eigenvalue weighted by atomic mass is 10.1. The van der Waals surface area contributed by atoms with Crippen LogP contribution >= 0.6 is 38.5 Å². The number of rotatable bonds is 1. The van der Waals surface area contributed by atoms with Crippen LogP contribution in [0.5, 0.6) is 5.75 Å². The van der Waals surface area contributed by atoms with Gasteiger partial charge in [-0.2, -0.15) is 0 Å². The van der Waals surface area contributed by atoms with Crippen LogP contribution in [0.25, 0.3) is 10.8 Å². The van der Waals surface area contributed by atoms with Gasteiger partial charge in [-0.15, -0.1) is 0 Å². The predicted octanol–water partition coefficient (Wildman–Crippen LogP) is 4.35. The van der Waals surface area contributed by atoms with E-state index in [0.29, 0.717) is 5.75 Å². The third-order valence-electron chi connectivity index (χ3n) is 2.25. The Labute approximate surface area is 120 Å². The third kappa shape index (κ3) is 2.71. The summed E-state index contributed by atoms with van der Waals surface area (Å²) >= 11 is 5.78. The molecule has 3 nitrogen and oxygen atoms in total. The minimum absolute atomic E-state index is 0.470. The topological polar surface area (TPSA) is 35.5 Å². The summed E-state index contributed by atoms with van der Waals surface area (Å²) in [6.45, 7) is 0. The molecule has 0 bridgehead atoms. The summed E-state index contributed by atoms with van der Waals surface area (Å²) in [5, 5.41) is 2.08. The first-order valence-electron chi connectivity index (χ1n) is 4.75. The van der Waals surface area contributed by atoms with E-state index in [9.17, 15) is 4.79 Å². The summed E-state index contributed by atoms with van der Waals surface area (Å²) in [6, 6.07) is 9.41. The Kier molecular flexibility index (Phi) is 3.88. The van der Waals surface area contributed by atoms with Crippen LogP contribution in [0.15, 0.2) is 34.8 Å². The zero-order valence-corrected chi connectivity index (χ0v) is 12.6. The maximum atomic E-state index is 11.0. The van der Waals surface area contributed by atoms with Crippen LogP contribution < -0.4 is 4.74 Å². The molecule has 2 rings (SSSR count). The summed E-state index contributed by atoms with van der Waals surface area (Å²) in [5.41, 5.74) is 0. The van der Waals surface area contributed by atoms with Gasteiger partial charge in [-0.25, -0.2) is 4.79 Å². The van der Waals surface area contributed by atoms with Crippen LogP contribution in [0.3, 0.4) is 0 Å². The highest BCUT2D eigenvalue weighted by Crippen LogP contribution is 2.31. The fourth-order valence-corrected chi connectivity index (χ4v) is 2.41. The van der Waals surface area contributed by atoms with Crippen LogP contribution in [-0.4, -0.2) is 13.3 Å². The van der Waals surface area contributed by atoms with E-state index in [1.54, 1.807) is 12.1 Å². The maximum Gasteiger partial charge on any atom is 0.513 e. The maximum absolute atomic E-state index is 11.0. The van der Waals surface area contributed by atoms with Crippen molar-refractivity contribution in [1.82, 2.24) is 0 Å². The molecule has 2 aromatic carbocycles. The molecule has 0 amide bonds. The molecule has 0 N–H and O–H groups in total. The second-order valence-electron chi connectivity index (χ2n) is 3.30. The second-order valence-corrected chi connectivity index (χ2v) is 5.26. The van der Waals surface area contributed by atoms with Gasteiger partial charge in [-0.1, -0.05) is 6.07 Å². The molecule has 17 heavy (non-hydrogen) atoms. The molecule has 0 heterocycles. The van der Waals surface area contributed by atoms with Gasteiger partial charge in [-0.3, -0.25) is 0 Å². The van der Waals surface area contributed by atoms with Crippen LogP contribution in [-0.2, 0) is 4.74 Å². The summed E-state index contributed by atoms with van der Waals surface area (Å²) < 4.78 is 11.6. The highest BCUT2D eigenvalue weighted by Gasteiger charge is 2.07. The van der Waals surface area contributed by atoms with Crippen molar-refractivity contribution in [3.8, 4) is 5.75 Å². The van der Waals surface area contributed by atoms with Gasteiger partial charge in [0.05, 0.1) is 7.11 Å². The first-order chi connectivity index (χ1) is 8.11. The SMILES string of the molecule is COC(=O)Oc1ccc2c(Br)c(I)ccc2c1. The normalized spacial score (nSPS) is 10.3. The van der Waals surface area contributed by atoms with Crippen molar-refractivity contribution in [3.63, 3.8) is 0 Å². The zero-order valence-electron chi connectivity index (χ0n) is 8.87. The molecular weight excluding hydrogens is 399 g/mol. The minimum atomic E-state index is -0.714. The monoisotopic (exact) mass is 406 g/mol. The Hall–Kier alpha value is -0.820. The Balaban J connectivity index is 2.45. The van der Waals surface area contributed by atoms with Crippen molar-refractivity contribution in [2.24, 2.45) is 0 Å². The van der Waals surface area contributed by atoms with Gasteiger partial charge in [0, 0.05) is 8.04 Å². The van der Waals surface area contributed by atoms with Crippen LogP contribution in [0, 0.1) is 3.57 Å². The molecule has 2 aromatic rings. The lowest BCUT2D eigenvalue weighted by Crippen LogP contribution is -2.06. The Morgan fingerprint density at radius 2 is 2.06 bits per heavy atom. The van der Waals surface area contributed by atoms with Gasteiger partial charge in [-0.05, 0) is 73.6 Å². The molecule has 0 unspecified atom stereocenters. The first kappa shape index (κ1) is 12.6. The average Bonchev–Trinajstić information content (AvgIpc) is 2.34. The largest absolute Gasteiger partial charge is 0.513 e. The summed E-state index contributed by atoms with van der Waals surface area (Å²) in [6.07, 6.45) is -0.714. The van der Waals surface area contributed by atoms with Gasteiger partial charge < -0.3 is 9.47 Å². The molecule has 5 heteroatoms. The predicted molar refractivity (Wildman–Crippen MR) is 77.4 cm³/mol. The molecule has 0 saturated heterocycles. The number of fused-ring (bicyclic) bond motifs is 1. The number of methoxy groups -OCH3 is 1. The van der Waals surface area contributed by atoms with Crippen molar-refractivity contribution >= 4 is 55.4 Å². The lowest BCUT2D eigenvalue weighted by Gasteiger charge is -2.06. The number of hydrogen-bond donors (Lipinski definition) is 0. The molecule has 0 fully saturated rings. The zero-order chi connectivity index (χ0) is 12.4. The molecule has 88 valence electrons. The van der Waals surface area contributed by atoms with Crippen LogP contribution in [0.1, 0.15) is 0 Å². The second kappa shape index (κ2) is 5.22. The van der Waals surface area contributed by atoms with Gasteiger partial charge in [0.15, 0.2) is 0 Å². The van der Waals surface area contributed by atoms with E-state index in [0.717, 1.165) is 18.8 Å². The van der Waals surface area contributed by atoms with E-state index in [-0.39, 0.29) is 0 Å². The quantitative estimate of drug-likeness (QED) is 0.401. The highest BCUT2D eigenvalue weighted by atomic mass is 127. The molecule has 0 aliphatic heterocycles. The van der Waals surface area contributed by atoms with Crippen molar-refractivity contribution in [3.05, 3.63) is 38.4 Å². The van der Waals surface area contributed by atoms with Gasteiger partial charge in [0.2, 0.25) is 0 Å². The van der Waals surface area contributed by atoms with Crippen LogP contribution in [0.2, 0.25) is 0 Å². The third-order valence-corrected chi connectivity index (χ3v) is 4.74. The summed E-state index contributed by atoms with van der Waals surface area (Å²) in [4.78, 5) is 11.0. The molecule has 0 aliphatic carbocycles. The first-order valence-corrected chi connectivity index (χ1v) is 6.62. The number of carbonyl (C=O) groups is 1. The van der Waals surface area contributed by atoms with Crippen molar-refractivity contribution in [1.29, 1.82) is 0 Å². The van der Waals surface area contributed by atoms with Gasteiger partial charge >= 0.3 is 6.16 Å². The fourth-order valence-electron chi connectivity index (χ4n) is 1.44. The lowest BCUT2D eigenvalue weighted by molar-refractivity contribution is 0.121. The molecule has 0 radical (unpaired) electrons. The number of hydrogen-bond acceptors (Lipinski definition) is 3. The van der Waals surface area contributed by atoms with Crippen molar-refractivity contribution in [2.45, 2.75) is 0 Å². The van der Waals surface area contributed by atoms with Crippen molar-refractivity contribution < 1.29 is 14.3 Å². The molecule has 0 saturated carbocycles. The summed E-state index contributed by atoms with van der Waals surface area (Å²) in [5.74, 6) is 0.470. The Morgan fingerprint density at radius 3 is 2.76 bits per heavy atom.